The molecule has 1 unspecified atom stereocenters. The molecule has 0 fully saturated rings. The maximum atomic E-state index is 2.24. The lowest BCUT2D eigenvalue weighted by atomic mass is 10.1. The second-order valence-electron chi connectivity index (χ2n) is 2.99. The first-order valence-electron chi connectivity index (χ1n) is 3.77. The molecule has 0 saturated carbocycles. The van der Waals surface area contributed by atoms with Crippen LogP contribution in [0.2, 0.25) is 0 Å². The summed E-state index contributed by atoms with van der Waals surface area (Å²) in [6, 6.07) is 0. The first-order chi connectivity index (χ1) is 5.16. The monoisotopic (exact) mass is 166 g/mol. The van der Waals surface area contributed by atoms with E-state index in [0.717, 1.165) is 0 Å². The van der Waals surface area contributed by atoms with Gasteiger partial charge < -0.3 is 0 Å². The van der Waals surface area contributed by atoms with Crippen molar-refractivity contribution < 1.29 is 0 Å². The van der Waals surface area contributed by atoms with Gasteiger partial charge in [-0.05, 0) is 20.1 Å². The lowest BCUT2D eigenvalue weighted by Gasteiger charge is -2.17. The third kappa shape index (κ3) is 2.26. The average Bonchev–Trinajstić information content (AvgIpc) is 2.15. The molecule has 1 rings (SSSR count). The zero-order chi connectivity index (χ0) is 8.32. The van der Waals surface area contributed by atoms with Gasteiger partial charge in [-0.3, -0.25) is 0 Å². The largest absolute Gasteiger partial charge is 0.150 e. The molecule has 0 saturated heterocycles. The molecule has 0 aromatic carbocycles. The Morgan fingerprint density at radius 2 is 2.09 bits per heavy atom. The van der Waals surface area contributed by atoms with Crippen molar-refractivity contribution in [3.05, 3.63) is 36.0 Å². The summed E-state index contributed by atoms with van der Waals surface area (Å²) in [6.07, 6.45) is 13.0. The highest BCUT2D eigenvalue weighted by molar-refractivity contribution is 8.00. The predicted octanol–water partition coefficient (Wildman–Crippen LogP) is 3.18. The van der Waals surface area contributed by atoms with E-state index >= 15 is 0 Å². The van der Waals surface area contributed by atoms with Gasteiger partial charge in [0.15, 0.2) is 0 Å². The lowest BCUT2D eigenvalue weighted by molar-refractivity contribution is 1.01. The van der Waals surface area contributed by atoms with Gasteiger partial charge in [0, 0.05) is 4.75 Å². The quantitative estimate of drug-likeness (QED) is 0.576. The van der Waals surface area contributed by atoms with Gasteiger partial charge in [-0.25, -0.2) is 0 Å². The molecule has 0 heterocycles. The van der Waals surface area contributed by atoms with E-state index in [1.54, 1.807) is 0 Å². The van der Waals surface area contributed by atoms with Crippen LogP contribution >= 0.6 is 11.8 Å². The van der Waals surface area contributed by atoms with Crippen LogP contribution in [0.5, 0.6) is 0 Å². The van der Waals surface area contributed by atoms with E-state index in [2.05, 4.69) is 50.5 Å². The van der Waals surface area contributed by atoms with E-state index in [-0.39, 0.29) is 4.75 Å². The van der Waals surface area contributed by atoms with Crippen molar-refractivity contribution in [1.82, 2.24) is 0 Å². The third-order valence-corrected chi connectivity index (χ3v) is 3.06. The van der Waals surface area contributed by atoms with E-state index in [4.69, 9.17) is 0 Å². The SMILES string of the molecule is CSC1(C)C=CC=C(C)C=C1. The molecule has 11 heavy (non-hydrogen) atoms. The van der Waals surface area contributed by atoms with Crippen molar-refractivity contribution in [3.8, 4) is 0 Å². The van der Waals surface area contributed by atoms with Gasteiger partial charge >= 0.3 is 0 Å². The minimum atomic E-state index is 0.189. The number of hydrogen-bond donors (Lipinski definition) is 0. The summed E-state index contributed by atoms with van der Waals surface area (Å²) in [5.74, 6) is 0. The minimum Gasteiger partial charge on any atom is -0.150 e. The van der Waals surface area contributed by atoms with Crippen LogP contribution in [0.15, 0.2) is 36.0 Å². The minimum absolute atomic E-state index is 0.189. The van der Waals surface area contributed by atoms with Crippen molar-refractivity contribution in [3.63, 3.8) is 0 Å². The fraction of sp³-hybridized carbons (Fsp3) is 0.400. The summed E-state index contributed by atoms with van der Waals surface area (Å²) in [6.45, 7) is 4.34. The number of rotatable bonds is 1. The summed E-state index contributed by atoms with van der Waals surface area (Å²) in [7, 11) is 0. The smallest absolute Gasteiger partial charge is 0.0493 e. The van der Waals surface area contributed by atoms with Crippen LogP contribution in [0.3, 0.4) is 0 Å². The van der Waals surface area contributed by atoms with Crippen LogP contribution in [0.25, 0.3) is 0 Å². The molecule has 1 atom stereocenters. The van der Waals surface area contributed by atoms with Crippen LogP contribution < -0.4 is 0 Å². The fourth-order valence-corrected chi connectivity index (χ4v) is 1.35. The van der Waals surface area contributed by atoms with Crippen molar-refractivity contribution >= 4 is 11.8 Å². The Balaban J connectivity index is 2.86. The Kier molecular flexibility index (Phi) is 2.61. The van der Waals surface area contributed by atoms with E-state index in [1.807, 2.05) is 11.8 Å². The molecule has 0 nitrogen and oxygen atoms in total. The normalized spacial score (nSPS) is 29.9. The van der Waals surface area contributed by atoms with Gasteiger partial charge in [0.1, 0.15) is 0 Å². The molecular weight excluding hydrogens is 152 g/mol. The van der Waals surface area contributed by atoms with Gasteiger partial charge in [0.2, 0.25) is 0 Å². The second-order valence-corrected chi connectivity index (χ2v) is 4.28. The van der Waals surface area contributed by atoms with Crippen molar-refractivity contribution in [2.24, 2.45) is 0 Å². The Bertz CT molecular complexity index is 223. The molecule has 1 aliphatic rings. The Hall–Kier alpha value is -0.430. The number of thioether (sulfide) groups is 1. The molecule has 0 aromatic rings. The Morgan fingerprint density at radius 1 is 1.36 bits per heavy atom. The van der Waals surface area contributed by atoms with Crippen LogP contribution in [0, 0.1) is 0 Å². The van der Waals surface area contributed by atoms with Gasteiger partial charge in [0.25, 0.3) is 0 Å². The number of allylic oxidation sites excluding steroid dienone is 4. The Labute approximate surface area is 73.1 Å². The maximum Gasteiger partial charge on any atom is 0.0493 e. The van der Waals surface area contributed by atoms with Crippen molar-refractivity contribution in [2.45, 2.75) is 18.6 Å². The van der Waals surface area contributed by atoms with Crippen LogP contribution in [0.4, 0.5) is 0 Å². The van der Waals surface area contributed by atoms with Crippen molar-refractivity contribution in [1.29, 1.82) is 0 Å². The zero-order valence-electron chi connectivity index (χ0n) is 7.29. The molecule has 60 valence electrons. The highest BCUT2D eigenvalue weighted by atomic mass is 32.2. The van der Waals surface area contributed by atoms with E-state index in [0.29, 0.717) is 0 Å². The molecule has 0 bridgehead atoms. The van der Waals surface area contributed by atoms with Gasteiger partial charge in [-0.15, -0.1) is 0 Å². The van der Waals surface area contributed by atoms with Gasteiger partial charge in [0.05, 0.1) is 0 Å². The molecule has 1 heteroatoms. The fourth-order valence-electron chi connectivity index (χ4n) is 0.935. The van der Waals surface area contributed by atoms with E-state index in [9.17, 15) is 0 Å². The highest BCUT2D eigenvalue weighted by Gasteiger charge is 2.14. The van der Waals surface area contributed by atoms with E-state index < -0.39 is 0 Å². The van der Waals surface area contributed by atoms with Crippen LogP contribution in [-0.4, -0.2) is 11.0 Å². The first-order valence-corrected chi connectivity index (χ1v) is 4.99. The Morgan fingerprint density at radius 3 is 2.73 bits per heavy atom. The topological polar surface area (TPSA) is 0 Å². The molecule has 0 aromatic heterocycles. The molecule has 0 radical (unpaired) electrons. The summed E-state index contributed by atoms with van der Waals surface area (Å²) in [4.78, 5) is 0. The summed E-state index contributed by atoms with van der Waals surface area (Å²) in [5, 5.41) is 0. The standard InChI is InChI=1S/C10H14S/c1-9-5-4-7-10(2,11-3)8-6-9/h4-8H,1-3H3. The van der Waals surface area contributed by atoms with Crippen LogP contribution in [-0.2, 0) is 0 Å². The summed E-state index contributed by atoms with van der Waals surface area (Å²) < 4.78 is 0.189. The summed E-state index contributed by atoms with van der Waals surface area (Å²) in [5.41, 5.74) is 1.32. The number of hydrogen-bond acceptors (Lipinski definition) is 1. The zero-order valence-corrected chi connectivity index (χ0v) is 8.11. The maximum absolute atomic E-state index is 2.24. The van der Waals surface area contributed by atoms with E-state index in [1.165, 1.54) is 5.57 Å². The van der Waals surface area contributed by atoms with Gasteiger partial charge in [-0.1, -0.05) is 36.0 Å². The predicted molar refractivity (Wildman–Crippen MR) is 54.0 cm³/mol. The third-order valence-electron chi connectivity index (χ3n) is 1.90. The second kappa shape index (κ2) is 3.31. The molecule has 0 spiro atoms. The highest BCUT2D eigenvalue weighted by Crippen LogP contribution is 2.27. The van der Waals surface area contributed by atoms with Crippen LogP contribution in [0.1, 0.15) is 13.8 Å². The average molecular weight is 166 g/mol. The van der Waals surface area contributed by atoms with Gasteiger partial charge in [-0.2, -0.15) is 11.8 Å². The molecular formula is C10H14S. The molecule has 0 aliphatic heterocycles. The molecule has 1 aliphatic carbocycles. The summed E-state index contributed by atoms with van der Waals surface area (Å²) >= 11 is 1.86. The lowest BCUT2D eigenvalue weighted by Crippen LogP contribution is -2.10. The van der Waals surface area contributed by atoms with Crippen molar-refractivity contribution in [2.75, 3.05) is 6.26 Å². The first kappa shape index (κ1) is 8.66. The molecule has 0 N–H and O–H groups in total. The molecule has 0 amide bonds.